The zero-order chi connectivity index (χ0) is 87.4. The third kappa shape index (κ3) is 14.1. The minimum absolute atomic E-state index is 0.708. The molecule has 27 heteroatoms. The van der Waals surface area contributed by atoms with Crippen LogP contribution in [0.1, 0.15) is 57.6 Å². The molecule has 10 N–H and O–H groups in total. The normalized spacial score (nSPS) is 13.2. The van der Waals surface area contributed by atoms with Gasteiger partial charge in [-0.1, -0.05) is 133 Å². The van der Waals surface area contributed by atoms with Gasteiger partial charge in [-0.05, 0) is 191 Å². The summed E-state index contributed by atoms with van der Waals surface area (Å²) < 4.78 is 3.88. The van der Waals surface area contributed by atoms with E-state index in [1.807, 2.05) is 91.2 Å². The second-order valence-corrected chi connectivity index (χ2v) is 34.2. The van der Waals surface area contributed by atoms with Crippen LogP contribution >= 0.6 is 0 Å². The van der Waals surface area contributed by atoms with Gasteiger partial charge in [0, 0.05) is 132 Å². The standard InChI is InChI=1S/2C27H20N6.C26H21N7.C25H20N8/c1-4-16-5-2-7-18(10-16)20-8-3-9-22-25(20)31-27(30-22)26-21-12-23(29-15-24(21)32-33-26)19-11-17(6-1)13-28-14-19;1-4-16-5-2-7-18(12-16)20-8-3-9-22-24(20)31-27(30-22)26-25-23(32-33-26)11-10-21(29-25)19-13-17(6-1)14-28-15-19;1-33-23-14-27-12-15-4-2-5-16(10-15)18-6-3-7-22-24(18)30-26(29-22)25-19-11-17(20(23)13-28-33)8-9-21(19)31-32-25;1-33-21-13-26-11-14-3-2-4-16(9-14)22-24-20(7-8-27-22)29-25(30-24)23-17-10-15(18(21)12-28-33)5-6-19(17)31-32-23/h2*2-3,5,7-15H,1,4,6H2,(H,30,31)(H,32,33);2-11,13,27H,12,14H2,1H3,(H,29,30)(H,31,32);2-10,12,26H,11,13H2,1H3,(H,29,30)(H,31,32). The van der Waals surface area contributed by atoms with Crippen molar-refractivity contribution >= 4 is 87.9 Å². The van der Waals surface area contributed by atoms with Crippen LogP contribution in [0.15, 0.2) is 274 Å². The number of pyridine rings is 5. The minimum Gasteiger partial charge on any atom is -0.337 e. The predicted octanol–water partition coefficient (Wildman–Crippen LogP) is 20.4. The molecule has 0 radical (unpaired) electrons. The first-order chi connectivity index (χ1) is 65.1. The van der Waals surface area contributed by atoms with Crippen LogP contribution in [0.5, 0.6) is 0 Å². The molecule has 0 amide bonds. The predicted molar refractivity (Wildman–Crippen MR) is 516 cm³/mol. The summed E-state index contributed by atoms with van der Waals surface area (Å²) in [7, 11) is 3.98. The van der Waals surface area contributed by atoms with Crippen molar-refractivity contribution in [1.29, 1.82) is 0 Å². The fourth-order valence-electron chi connectivity index (χ4n) is 19.1. The molecule has 4 aliphatic heterocycles. The number of hydrogen-bond donors (Lipinski definition) is 10. The highest BCUT2D eigenvalue weighted by molar-refractivity contribution is 6.03. The van der Waals surface area contributed by atoms with Gasteiger partial charge >= 0.3 is 0 Å². The molecule has 0 spiro atoms. The average molecular weight is 1720 g/mol. The second-order valence-electron chi connectivity index (χ2n) is 34.2. The maximum atomic E-state index is 5.01. The van der Waals surface area contributed by atoms with Gasteiger partial charge < -0.3 is 30.6 Å². The number of para-hydroxylation sites is 3. The number of benzene rings is 9. The van der Waals surface area contributed by atoms with E-state index >= 15 is 0 Å². The molecular weight excluding hydrogens is 1640 g/mol. The lowest BCUT2D eigenvalue weighted by Gasteiger charge is -2.10. The van der Waals surface area contributed by atoms with Gasteiger partial charge in [-0.2, -0.15) is 30.6 Å². The Labute approximate surface area is 752 Å². The lowest BCUT2D eigenvalue weighted by molar-refractivity contribution is 0.627. The van der Waals surface area contributed by atoms with E-state index in [1.54, 1.807) is 0 Å². The molecule has 19 heterocycles. The Morgan fingerprint density at radius 3 is 1.22 bits per heavy atom. The average Bonchev–Trinajstić information content (AvgIpc) is 1.62. The van der Waals surface area contributed by atoms with E-state index < -0.39 is 0 Å². The number of imidazole rings is 4. The van der Waals surface area contributed by atoms with E-state index in [-0.39, 0.29) is 0 Å². The highest BCUT2D eigenvalue weighted by Gasteiger charge is 2.26. The first-order valence-electron chi connectivity index (χ1n) is 44.3. The molecular formula is C105H81N27. The van der Waals surface area contributed by atoms with E-state index in [9.17, 15) is 0 Å². The number of aromatic nitrogens is 25. The lowest BCUT2D eigenvalue weighted by atomic mass is 9.98. The van der Waals surface area contributed by atoms with E-state index in [2.05, 4.69) is 308 Å². The molecule has 132 heavy (non-hydrogen) atoms. The maximum absolute atomic E-state index is 5.01. The highest BCUT2D eigenvalue weighted by Crippen LogP contribution is 2.41. The summed E-state index contributed by atoms with van der Waals surface area (Å²) in [5.74, 6) is 2.94. The number of hydrogen-bond acceptors (Lipinski definition) is 17. The molecule has 28 rings (SSSR count). The molecule has 636 valence electrons. The van der Waals surface area contributed by atoms with E-state index in [0.29, 0.717) is 12.4 Å². The topological polar surface area (TPSA) is 354 Å². The Bertz CT molecular complexity index is 8150. The Kier molecular flexibility index (Phi) is 18.7. The van der Waals surface area contributed by atoms with Gasteiger partial charge in [0.2, 0.25) is 0 Å². The molecule has 9 aromatic carbocycles. The summed E-state index contributed by atoms with van der Waals surface area (Å²) in [6, 6.07) is 78.7. The quantitative estimate of drug-likeness (QED) is 0.0674. The largest absolute Gasteiger partial charge is 0.337 e. The van der Waals surface area contributed by atoms with Crippen LogP contribution in [0.4, 0.5) is 0 Å². The maximum Gasteiger partial charge on any atom is 0.161 e. The van der Waals surface area contributed by atoms with Crippen LogP contribution < -0.4 is 10.6 Å². The molecule has 15 aromatic heterocycles. The molecule has 0 saturated heterocycles. The molecule has 0 saturated carbocycles. The Morgan fingerprint density at radius 2 is 0.674 bits per heavy atom. The Morgan fingerprint density at radius 1 is 0.265 bits per heavy atom. The van der Waals surface area contributed by atoms with Gasteiger partial charge in [0.05, 0.1) is 108 Å². The summed E-state index contributed by atoms with van der Waals surface area (Å²) in [5.41, 5.74) is 42.0. The van der Waals surface area contributed by atoms with Crippen molar-refractivity contribution in [3.8, 4) is 135 Å². The number of aryl methyl sites for hydroxylation is 6. The fourth-order valence-corrected chi connectivity index (χ4v) is 19.1. The van der Waals surface area contributed by atoms with E-state index in [0.717, 1.165) is 276 Å². The van der Waals surface area contributed by atoms with Gasteiger partial charge in [0.1, 0.15) is 28.1 Å². The number of nitrogens with zero attached hydrogens (tertiary/aromatic N) is 17. The van der Waals surface area contributed by atoms with Crippen LogP contribution in [0.2, 0.25) is 0 Å². The number of H-pyrrole nitrogens is 8. The molecule has 27 nitrogen and oxygen atoms in total. The molecule has 0 aliphatic carbocycles. The van der Waals surface area contributed by atoms with Crippen molar-refractivity contribution in [1.82, 2.24) is 136 Å². The van der Waals surface area contributed by atoms with E-state index in [1.165, 1.54) is 44.5 Å². The van der Waals surface area contributed by atoms with Crippen LogP contribution in [-0.4, -0.2) is 125 Å². The molecule has 0 fully saturated rings. The number of fused-ring (bicyclic) bond motifs is 34. The first-order valence-corrected chi connectivity index (χ1v) is 44.3. The number of nitrogens with one attached hydrogen (secondary N) is 10. The Hall–Kier alpha value is -17.2. The minimum atomic E-state index is 0.708. The third-order valence-electron chi connectivity index (χ3n) is 25.8. The summed E-state index contributed by atoms with van der Waals surface area (Å²) in [4.78, 5) is 57.1. The fraction of sp³-hybridized carbons (Fsp3) is 0.114. The van der Waals surface area contributed by atoms with Crippen LogP contribution in [0, 0.1) is 0 Å². The SMILES string of the molecule is Cn1ncc2c1CNCc1cccc(c1)-c1cccc3[nH]c(nc13)-c1n[nH]c3ccc-2cc13.Cn1ncc2c1CNCc1cccc(c1)-c1nccc3[nH]c(nc13)-c1n[nH]c3ccc-2cc13.c1cc2cc(c1)-c1cccc3[nH]c(nc13)-c1n[nH]c3ccc(nc13)-c1cncc(c1)CCC2.c1cc2cc(c1)-c1cccc3[nH]c(nc13)-c1n[nH]c3cnc(cc13)-c1cncc(c1)CCC2. The monoisotopic (exact) mass is 1720 g/mol. The highest BCUT2D eigenvalue weighted by atomic mass is 15.3. The number of rotatable bonds is 0. The second kappa shape index (κ2) is 32.0. The van der Waals surface area contributed by atoms with Gasteiger partial charge in [0.25, 0.3) is 0 Å². The molecule has 4 aliphatic rings. The molecule has 0 unspecified atom stereocenters. The van der Waals surface area contributed by atoms with Crippen molar-refractivity contribution in [2.24, 2.45) is 14.1 Å². The summed E-state index contributed by atoms with van der Waals surface area (Å²) in [6.45, 7) is 2.94. The number of aromatic amines is 8. The van der Waals surface area contributed by atoms with Gasteiger partial charge in [-0.3, -0.25) is 49.7 Å². The zero-order valence-electron chi connectivity index (χ0n) is 71.7. The van der Waals surface area contributed by atoms with Crippen molar-refractivity contribution in [2.75, 3.05) is 0 Å². The van der Waals surface area contributed by atoms with Crippen molar-refractivity contribution < 1.29 is 0 Å². The Balaban J connectivity index is 0.0000000945. The van der Waals surface area contributed by atoms with E-state index in [4.69, 9.17) is 24.9 Å². The van der Waals surface area contributed by atoms with Crippen LogP contribution in [-0.2, 0) is 66.0 Å². The molecule has 0 atom stereocenters. The third-order valence-corrected chi connectivity index (χ3v) is 25.8. The van der Waals surface area contributed by atoms with Gasteiger partial charge in [-0.25, -0.2) is 24.9 Å². The van der Waals surface area contributed by atoms with Gasteiger partial charge in [0.15, 0.2) is 29.0 Å². The molecule has 24 aromatic rings. The van der Waals surface area contributed by atoms with Crippen molar-refractivity contribution in [2.45, 2.75) is 64.7 Å². The van der Waals surface area contributed by atoms with Crippen LogP contribution in [0.3, 0.4) is 0 Å². The smallest absolute Gasteiger partial charge is 0.161 e. The van der Waals surface area contributed by atoms with Crippen molar-refractivity contribution in [3.63, 3.8) is 0 Å². The zero-order valence-corrected chi connectivity index (χ0v) is 71.7. The van der Waals surface area contributed by atoms with Crippen molar-refractivity contribution in [3.05, 3.63) is 319 Å². The molecule has 28 bridgehead atoms. The van der Waals surface area contributed by atoms with Crippen LogP contribution in [0.25, 0.3) is 223 Å². The first kappa shape index (κ1) is 77.2. The van der Waals surface area contributed by atoms with Gasteiger partial charge in [-0.15, -0.1) is 0 Å². The summed E-state index contributed by atoms with van der Waals surface area (Å²) >= 11 is 0. The summed E-state index contributed by atoms with van der Waals surface area (Å²) in [5, 5.41) is 50.2. The summed E-state index contributed by atoms with van der Waals surface area (Å²) in [6.07, 6.45) is 21.3. The lowest BCUT2D eigenvalue weighted by Crippen LogP contribution is -2.16.